The van der Waals surface area contributed by atoms with Crippen molar-refractivity contribution >= 4 is 34.2 Å². The fourth-order valence-electron chi connectivity index (χ4n) is 6.65. The van der Waals surface area contributed by atoms with Crippen LogP contribution in [0.1, 0.15) is 83.8 Å². The fraction of sp³-hybridized carbons (Fsp3) is 0.471. The Bertz CT molecular complexity index is 1350. The van der Waals surface area contributed by atoms with Gasteiger partial charge in [-0.1, -0.05) is 65.0 Å². The molecule has 0 amide bonds. The number of halogens is 1. The number of methoxy groups -OCH3 is 1. The number of carbonyl (C=O) groups is 2. The molecule has 2 aliphatic carbocycles. The van der Waals surface area contributed by atoms with Gasteiger partial charge in [-0.05, 0) is 75.9 Å². The van der Waals surface area contributed by atoms with Gasteiger partial charge in [0.05, 0.1) is 10.7 Å². The first-order chi connectivity index (χ1) is 18.9. The lowest BCUT2D eigenvalue weighted by Crippen LogP contribution is -2.44. The van der Waals surface area contributed by atoms with Crippen molar-refractivity contribution in [3.05, 3.63) is 79.7 Å². The number of hydrogen-bond acceptors (Lipinski definition) is 5. The number of ether oxygens (including phenoxy) is 2. The van der Waals surface area contributed by atoms with Gasteiger partial charge in [0.15, 0.2) is 23.1 Å². The highest BCUT2D eigenvalue weighted by atomic mass is 127. The molecule has 0 N–H and O–H groups in total. The number of allylic oxidation sites excluding steroid dienone is 4. The van der Waals surface area contributed by atoms with Crippen LogP contribution < -0.4 is 9.47 Å². The van der Waals surface area contributed by atoms with E-state index in [0.717, 1.165) is 63.0 Å². The lowest BCUT2D eigenvalue weighted by atomic mass is 9.63. The third-order valence-electron chi connectivity index (χ3n) is 8.28. The van der Waals surface area contributed by atoms with Crippen molar-refractivity contribution in [1.29, 1.82) is 0 Å². The van der Waals surface area contributed by atoms with E-state index in [1.807, 2.05) is 36.4 Å². The number of carbonyl (C=O) groups excluding carboxylic acids is 2. The van der Waals surface area contributed by atoms with E-state index in [4.69, 9.17) is 9.47 Å². The van der Waals surface area contributed by atoms with Gasteiger partial charge in [0.1, 0.15) is 6.61 Å². The largest absolute Gasteiger partial charge is 0.493 e. The zero-order valence-corrected chi connectivity index (χ0v) is 26.7. The Morgan fingerprint density at radius 1 is 0.900 bits per heavy atom. The van der Waals surface area contributed by atoms with Crippen molar-refractivity contribution in [3.8, 4) is 11.5 Å². The zero-order chi connectivity index (χ0) is 28.8. The minimum atomic E-state index is -0.393. The summed E-state index contributed by atoms with van der Waals surface area (Å²) in [7, 11) is 1.65. The van der Waals surface area contributed by atoms with E-state index in [0.29, 0.717) is 30.9 Å². The van der Waals surface area contributed by atoms with Crippen LogP contribution in [0.4, 0.5) is 0 Å². The maximum Gasteiger partial charge on any atom is 0.174 e. The van der Waals surface area contributed by atoms with Crippen LogP contribution in [0.3, 0.4) is 0 Å². The van der Waals surface area contributed by atoms with Gasteiger partial charge >= 0.3 is 0 Å². The first kappa shape index (κ1) is 28.9. The van der Waals surface area contributed by atoms with Crippen LogP contribution in [0.2, 0.25) is 0 Å². The second-order valence-electron chi connectivity index (χ2n) is 13.0. The molecule has 40 heavy (non-hydrogen) atoms. The van der Waals surface area contributed by atoms with E-state index >= 15 is 0 Å². The number of ketones is 2. The molecule has 0 radical (unpaired) electrons. The Morgan fingerprint density at radius 2 is 1.48 bits per heavy atom. The van der Waals surface area contributed by atoms with Crippen LogP contribution in [0, 0.1) is 14.4 Å². The number of benzene rings is 2. The molecule has 1 aliphatic heterocycles. The molecule has 3 aliphatic rings. The van der Waals surface area contributed by atoms with Gasteiger partial charge in [0.25, 0.3) is 0 Å². The minimum Gasteiger partial charge on any atom is -0.493 e. The normalized spacial score (nSPS) is 20.4. The number of rotatable bonds is 7. The molecule has 2 aromatic carbocycles. The van der Waals surface area contributed by atoms with E-state index in [9.17, 15) is 9.59 Å². The maximum absolute atomic E-state index is 14.0. The molecule has 5 nitrogen and oxygen atoms in total. The molecule has 212 valence electrons. The fourth-order valence-corrected chi connectivity index (χ4v) is 7.43. The highest BCUT2D eigenvalue weighted by Gasteiger charge is 2.49. The van der Waals surface area contributed by atoms with Crippen molar-refractivity contribution in [3.63, 3.8) is 0 Å². The number of hydrogen-bond donors (Lipinski definition) is 0. The predicted molar refractivity (Wildman–Crippen MR) is 166 cm³/mol. The molecule has 0 fully saturated rings. The molecule has 0 spiro atoms. The molecule has 0 bridgehead atoms. The Labute approximate surface area is 252 Å². The van der Waals surface area contributed by atoms with Crippen molar-refractivity contribution in [2.45, 2.75) is 79.2 Å². The Balaban J connectivity index is 1.67. The smallest absolute Gasteiger partial charge is 0.174 e. The average molecular weight is 654 g/mol. The molecule has 1 heterocycles. The molecule has 0 saturated heterocycles. The van der Waals surface area contributed by atoms with Gasteiger partial charge in [-0.25, -0.2) is 0 Å². The van der Waals surface area contributed by atoms with Gasteiger partial charge < -0.3 is 14.4 Å². The summed E-state index contributed by atoms with van der Waals surface area (Å²) in [4.78, 5) is 30.3. The van der Waals surface area contributed by atoms with E-state index in [2.05, 4.69) is 68.2 Å². The van der Waals surface area contributed by atoms with E-state index in [1.165, 1.54) is 0 Å². The monoisotopic (exact) mass is 653 g/mol. The molecule has 2 aromatic rings. The predicted octanol–water partition coefficient (Wildman–Crippen LogP) is 7.97. The second-order valence-corrected chi connectivity index (χ2v) is 14.2. The van der Waals surface area contributed by atoms with Crippen molar-refractivity contribution < 1.29 is 19.1 Å². The number of Topliss-reactive ketones (excluding diaryl/α,β-unsaturated/α-hetero) is 2. The topological polar surface area (TPSA) is 55.8 Å². The Hall–Kier alpha value is -2.61. The summed E-state index contributed by atoms with van der Waals surface area (Å²) in [6, 6.07) is 14.1. The van der Waals surface area contributed by atoms with E-state index in [1.54, 1.807) is 7.11 Å². The summed E-state index contributed by atoms with van der Waals surface area (Å²) in [6.45, 7) is 12.1. The molecular formula is C34H40INO4. The van der Waals surface area contributed by atoms with Crippen LogP contribution in [-0.2, 0) is 16.2 Å². The molecule has 0 saturated carbocycles. The molecule has 6 heteroatoms. The molecular weight excluding hydrogens is 613 g/mol. The van der Waals surface area contributed by atoms with Gasteiger partial charge in [-0.15, -0.1) is 0 Å². The van der Waals surface area contributed by atoms with Gasteiger partial charge in [-0.3, -0.25) is 9.59 Å². The SMILES string of the molecule is CCCN1C2=C(C(=O)CC(C)(C)C2)C(c2cc(I)c(OCc3ccccc3)c(OC)c2)C2=C1CC(C)(C)CC2=O. The van der Waals surface area contributed by atoms with E-state index in [-0.39, 0.29) is 22.4 Å². The van der Waals surface area contributed by atoms with Crippen molar-refractivity contribution in [1.82, 2.24) is 4.90 Å². The van der Waals surface area contributed by atoms with Crippen LogP contribution in [0.5, 0.6) is 11.5 Å². The van der Waals surface area contributed by atoms with Crippen molar-refractivity contribution in [2.24, 2.45) is 10.8 Å². The molecule has 5 rings (SSSR count). The lowest BCUT2D eigenvalue weighted by molar-refractivity contribution is -0.119. The first-order valence-corrected chi connectivity index (χ1v) is 15.4. The second kappa shape index (κ2) is 11.0. The molecule has 0 unspecified atom stereocenters. The summed E-state index contributed by atoms with van der Waals surface area (Å²) in [5.74, 6) is 1.20. The van der Waals surface area contributed by atoms with Crippen LogP contribution in [-0.4, -0.2) is 30.1 Å². The van der Waals surface area contributed by atoms with Gasteiger partial charge in [0, 0.05) is 47.8 Å². The minimum absolute atomic E-state index is 0.125. The first-order valence-electron chi connectivity index (χ1n) is 14.3. The molecule has 0 aromatic heterocycles. The van der Waals surface area contributed by atoms with Gasteiger partial charge in [0.2, 0.25) is 0 Å². The molecule has 0 atom stereocenters. The summed E-state index contributed by atoms with van der Waals surface area (Å²) in [6.07, 6.45) is 3.56. The van der Waals surface area contributed by atoms with Crippen LogP contribution in [0.25, 0.3) is 0 Å². The highest BCUT2D eigenvalue weighted by molar-refractivity contribution is 14.1. The standard InChI is InChI=1S/C34H40INO4/c1-7-13-36-24-16-33(2,3)18-26(37)30(24)29(31-25(36)17-34(4,5)19-27(31)38)22-14-23(35)32(28(15-22)39-6)40-20-21-11-9-8-10-12-21/h8-12,14-15,29H,7,13,16-20H2,1-6H3. The highest BCUT2D eigenvalue weighted by Crippen LogP contribution is 2.55. The third-order valence-corrected chi connectivity index (χ3v) is 9.08. The third kappa shape index (κ3) is 5.48. The van der Waals surface area contributed by atoms with Crippen molar-refractivity contribution in [2.75, 3.05) is 13.7 Å². The average Bonchev–Trinajstić information content (AvgIpc) is 2.87. The van der Waals surface area contributed by atoms with Crippen LogP contribution in [0.15, 0.2) is 65.0 Å². The maximum atomic E-state index is 14.0. The van der Waals surface area contributed by atoms with E-state index < -0.39 is 5.92 Å². The zero-order valence-electron chi connectivity index (χ0n) is 24.5. The Kier molecular flexibility index (Phi) is 7.94. The lowest BCUT2D eigenvalue weighted by Gasteiger charge is -2.49. The summed E-state index contributed by atoms with van der Waals surface area (Å²) >= 11 is 2.29. The number of nitrogens with zero attached hydrogens (tertiary/aromatic N) is 1. The Morgan fingerprint density at radius 3 is 2.00 bits per heavy atom. The van der Waals surface area contributed by atoms with Gasteiger partial charge in [-0.2, -0.15) is 0 Å². The summed E-state index contributed by atoms with van der Waals surface area (Å²) in [5, 5.41) is 0. The summed E-state index contributed by atoms with van der Waals surface area (Å²) < 4.78 is 13.0. The van der Waals surface area contributed by atoms with Crippen LogP contribution >= 0.6 is 22.6 Å². The summed E-state index contributed by atoms with van der Waals surface area (Å²) in [5.41, 5.74) is 5.56. The quantitative estimate of drug-likeness (QED) is 0.284.